The quantitative estimate of drug-likeness (QED) is 0.786. The fraction of sp³-hybridized carbons (Fsp3) is 0.176. The highest BCUT2D eigenvalue weighted by Crippen LogP contribution is 2.21. The Morgan fingerprint density at radius 3 is 2.70 bits per heavy atom. The van der Waals surface area contributed by atoms with E-state index in [0.717, 1.165) is 11.3 Å². The van der Waals surface area contributed by atoms with Crippen molar-refractivity contribution >= 4 is 16.9 Å². The van der Waals surface area contributed by atoms with E-state index >= 15 is 0 Å². The van der Waals surface area contributed by atoms with Crippen LogP contribution < -0.4 is 4.74 Å². The number of fused-ring (bicyclic) bond motifs is 1. The first-order chi connectivity index (χ1) is 11.1. The Hall–Kier alpha value is -2.89. The third-order valence-electron chi connectivity index (χ3n) is 3.64. The summed E-state index contributed by atoms with van der Waals surface area (Å²) in [7, 11) is 1.61. The lowest BCUT2D eigenvalue weighted by atomic mass is 10.1. The number of carboxylic acid groups (broad SMARTS) is 1. The number of hydrogen-bond donors (Lipinski definition) is 1. The van der Waals surface area contributed by atoms with E-state index in [1.165, 1.54) is 6.07 Å². The topological polar surface area (TPSA) is 64.4 Å². The number of aromatic nitrogens is 2. The van der Waals surface area contributed by atoms with E-state index in [1.807, 2.05) is 24.3 Å². The molecule has 6 heteroatoms. The van der Waals surface area contributed by atoms with Gasteiger partial charge in [-0.2, -0.15) is 5.10 Å². The van der Waals surface area contributed by atoms with Crippen molar-refractivity contribution in [2.45, 2.75) is 13.0 Å². The summed E-state index contributed by atoms with van der Waals surface area (Å²) >= 11 is 0. The maximum atomic E-state index is 13.9. The molecule has 1 heterocycles. The van der Waals surface area contributed by atoms with Gasteiger partial charge in [-0.1, -0.05) is 12.1 Å². The maximum absolute atomic E-state index is 13.9. The van der Waals surface area contributed by atoms with Gasteiger partial charge in [-0.3, -0.25) is 9.48 Å². The number of hydrogen-bond acceptors (Lipinski definition) is 3. The molecule has 0 aliphatic carbocycles. The highest BCUT2D eigenvalue weighted by atomic mass is 19.1. The monoisotopic (exact) mass is 314 g/mol. The molecule has 0 saturated heterocycles. The molecule has 3 rings (SSSR count). The van der Waals surface area contributed by atoms with Gasteiger partial charge in [0.15, 0.2) is 0 Å². The van der Waals surface area contributed by atoms with Crippen molar-refractivity contribution in [2.75, 3.05) is 7.11 Å². The summed E-state index contributed by atoms with van der Waals surface area (Å²) < 4.78 is 20.7. The first kappa shape index (κ1) is 15.0. The summed E-state index contributed by atoms with van der Waals surface area (Å²) in [5.41, 5.74) is 1.87. The Morgan fingerprint density at radius 1 is 1.30 bits per heavy atom. The number of aliphatic carboxylic acids is 1. The molecular formula is C17H15FN2O3. The van der Waals surface area contributed by atoms with Crippen LogP contribution in [0.1, 0.15) is 11.1 Å². The minimum absolute atomic E-state index is 0.154. The molecule has 0 aliphatic heterocycles. The second-order valence-corrected chi connectivity index (χ2v) is 5.22. The molecule has 0 spiro atoms. The zero-order chi connectivity index (χ0) is 16.4. The number of carboxylic acids is 1. The van der Waals surface area contributed by atoms with E-state index in [-0.39, 0.29) is 12.0 Å². The Balaban J connectivity index is 1.95. The maximum Gasteiger partial charge on any atom is 0.307 e. The number of halogens is 1. The Kier molecular flexibility index (Phi) is 3.97. The van der Waals surface area contributed by atoms with Crippen LogP contribution in [-0.2, 0) is 17.8 Å². The standard InChI is InChI=1S/C17H15FN2O3/c1-23-14-4-2-11(3-5-14)10-20-16-7-12(8-17(21)22)15(18)6-13(16)9-19-20/h2-7,9H,8,10H2,1H3,(H,21,22). The Labute approximate surface area is 131 Å². The summed E-state index contributed by atoms with van der Waals surface area (Å²) in [6.07, 6.45) is 1.22. The number of ether oxygens (including phenoxy) is 1. The molecule has 0 saturated carbocycles. The molecule has 5 nitrogen and oxygen atoms in total. The molecule has 0 fully saturated rings. The van der Waals surface area contributed by atoms with Crippen LogP contribution in [-0.4, -0.2) is 28.0 Å². The molecule has 2 aromatic carbocycles. The van der Waals surface area contributed by atoms with Crippen molar-refractivity contribution in [3.05, 3.63) is 59.5 Å². The van der Waals surface area contributed by atoms with Crippen molar-refractivity contribution in [1.29, 1.82) is 0 Å². The van der Waals surface area contributed by atoms with Crippen LogP contribution >= 0.6 is 0 Å². The third-order valence-corrected chi connectivity index (χ3v) is 3.64. The second kappa shape index (κ2) is 6.08. The van der Waals surface area contributed by atoms with Crippen molar-refractivity contribution in [3.63, 3.8) is 0 Å². The number of methoxy groups -OCH3 is 1. The lowest BCUT2D eigenvalue weighted by Gasteiger charge is -2.07. The van der Waals surface area contributed by atoms with Crippen molar-refractivity contribution in [1.82, 2.24) is 9.78 Å². The minimum atomic E-state index is -1.07. The average molecular weight is 314 g/mol. The van der Waals surface area contributed by atoms with Gasteiger partial charge in [-0.15, -0.1) is 0 Å². The summed E-state index contributed by atoms with van der Waals surface area (Å²) in [6.45, 7) is 0.506. The molecule has 0 unspecified atom stereocenters. The smallest absolute Gasteiger partial charge is 0.307 e. The summed E-state index contributed by atoms with van der Waals surface area (Å²) in [5, 5.41) is 13.8. The lowest BCUT2D eigenvalue weighted by Crippen LogP contribution is -2.05. The Morgan fingerprint density at radius 2 is 2.04 bits per heavy atom. The molecule has 3 aromatic rings. The van der Waals surface area contributed by atoms with E-state index in [4.69, 9.17) is 9.84 Å². The van der Waals surface area contributed by atoms with Crippen molar-refractivity contribution in [3.8, 4) is 5.75 Å². The fourth-order valence-corrected chi connectivity index (χ4v) is 2.47. The SMILES string of the molecule is COc1ccc(Cn2ncc3cc(F)c(CC(=O)O)cc32)cc1. The fourth-order valence-electron chi connectivity index (χ4n) is 2.47. The highest BCUT2D eigenvalue weighted by molar-refractivity contribution is 5.81. The van der Waals surface area contributed by atoms with Crippen molar-refractivity contribution in [2.24, 2.45) is 0 Å². The van der Waals surface area contributed by atoms with Gasteiger partial charge >= 0.3 is 5.97 Å². The van der Waals surface area contributed by atoms with Gasteiger partial charge in [0.25, 0.3) is 0 Å². The molecule has 0 amide bonds. The number of nitrogens with zero attached hydrogens (tertiary/aromatic N) is 2. The van der Waals surface area contributed by atoms with Crippen LogP contribution in [0.5, 0.6) is 5.75 Å². The lowest BCUT2D eigenvalue weighted by molar-refractivity contribution is -0.136. The molecule has 0 bridgehead atoms. The van der Waals surface area contributed by atoms with Gasteiger partial charge in [0.05, 0.1) is 31.8 Å². The molecule has 1 aromatic heterocycles. The number of carbonyl (C=O) groups is 1. The largest absolute Gasteiger partial charge is 0.497 e. The number of benzene rings is 2. The van der Waals surface area contributed by atoms with Crippen LogP contribution in [0.15, 0.2) is 42.6 Å². The van der Waals surface area contributed by atoms with Crippen LogP contribution in [0.2, 0.25) is 0 Å². The molecule has 1 N–H and O–H groups in total. The highest BCUT2D eigenvalue weighted by Gasteiger charge is 2.12. The van der Waals surface area contributed by atoms with E-state index in [9.17, 15) is 9.18 Å². The second-order valence-electron chi connectivity index (χ2n) is 5.22. The van der Waals surface area contributed by atoms with Gasteiger partial charge in [0.1, 0.15) is 11.6 Å². The van der Waals surface area contributed by atoms with E-state index in [2.05, 4.69) is 5.10 Å². The van der Waals surface area contributed by atoms with Gasteiger partial charge in [0.2, 0.25) is 0 Å². The van der Waals surface area contributed by atoms with Gasteiger partial charge in [0, 0.05) is 10.9 Å². The first-order valence-corrected chi connectivity index (χ1v) is 7.05. The van der Waals surface area contributed by atoms with Crippen molar-refractivity contribution < 1.29 is 19.0 Å². The van der Waals surface area contributed by atoms with Gasteiger partial charge in [-0.05, 0) is 29.8 Å². The van der Waals surface area contributed by atoms with Gasteiger partial charge < -0.3 is 9.84 Å². The average Bonchev–Trinajstić information content (AvgIpc) is 2.90. The summed E-state index contributed by atoms with van der Waals surface area (Å²) in [5.74, 6) is -0.821. The summed E-state index contributed by atoms with van der Waals surface area (Å²) in [4.78, 5) is 10.8. The molecule has 23 heavy (non-hydrogen) atoms. The Bertz CT molecular complexity index is 856. The van der Waals surface area contributed by atoms with E-state index < -0.39 is 11.8 Å². The first-order valence-electron chi connectivity index (χ1n) is 7.05. The van der Waals surface area contributed by atoms with Gasteiger partial charge in [-0.25, -0.2) is 4.39 Å². The van der Waals surface area contributed by atoms with E-state index in [0.29, 0.717) is 17.4 Å². The zero-order valence-electron chi connectivity index (χ0n) is 12.5. The predicted octanol–water partition coefficient (Wildman–Crippen LogP) is 2.86. The predicted molar refractivity (Wildman–Crippen MR) is 83.1 cm³/mol. The van der Waals surface area contributed by atoms with Crippen LogP contribution in [0.25, 0.3) is 10.9 Å². The minimum Gasteiger partial charge on any atom is -0.497 e. The molecule has 0 aliphatic rings. The van der Waals surface area contributed by atoms with Crippen LogP contribution in [0.3, 0.4) is 0 Å². The van der Waals surface area contributed by atoms with Crippen LogP contribution in [0, 0.1) is 5.82 Å². The molecule has 0 radical (unpaired) electrons. The zero-order valence-corrected chi connectivity index (χ0v) is 12.5. The summed E-state index contributed by atoms with van der Waals surface area (Å²) in [6, 6.07) is 10.4. The van der Waals surface area contributed by atoms with Crippen LogP contribution in [0.4, 0.5) is 4.39 Å². The normalized spacial score (nSPS) is 10.9. The molecular weight excluding hydrogens is 299 g/mol. The molecule has 0 atom stereocenters. The third kappa shape index (κ3) is 3.15. The van der Waals surface area contributed by atoms with E-state index in [1.54, 1.807) is 24.1 Å². The molecule has 118 valence electrons. The number of rotatable bonds is 5.